The number of hydrogen-bond acceptors (Lipinski definition) is 9. The second-order valence-electron chi connectivity index (χ2n) is 8.67. The number of ether oxygens (including phenoxy) is 1. The zero-order chi connectivity index (χ0) is 24.4. The molecule has 0 saturated carbocycles. The normalized spacial score (nSPS) is 17.2. The van der Waals surface area contributed by atoms with Gasteiger partial charge in [-0.3, -0.25) is 0 Å². The second-order valence-corrected chi connectivity index (χ2v) is 10.0. The summed E-state index contributed by atoms with van der Waals surface area (Å²) in [6.07, 6.45) is 4.44. The number of hydrogen-bond donors (Lipinski definition) is 1. The predicted molar refractivity (Wildman–Crippen MR) is 131 cm³/mol. The molecule has 0 bridgehead atoms. The first-order chi connectivity index (χ1) is 17.0. The van der Waals surface area contributed by atoms with Crippen molar-refractivity contribution in [3.63, 3.8) is 0 Å². The van der Waals surface area contributed by atoms with Crippen molar-refractivity contribution in [3.05, 3.63) is 59.7 Å². The number of rotatable bonds is 6. The number of benzene rings is 1. The average Bonchev–Trinajstić information content (AvgIpc) is 3.36. The molecule has 1 N–H and O–H groups in total. The van der Waals surface area contributed by atoms with Crippen molar-refractivity contribution >= 4 is 28.9 Å². The molecule has 3 aromatic rings. The molecule has 1 atom stereocenters. The summed E-state index contributed by atoms with van der Waals surface area (Å²) in [6, 6.07) is 9.47. The zero-order valence-electron chi connectivity index (χ0n) is 19.5. The molecule has 1 saturated heterocycles. The van der Waals surface area contributed by atoms with Crippen LogP contribution in [0.25, 0.3) is 0 Å². The fourth-order valence-corrected chi connectivity index (χ4v) is 5.67. The maximum absolute atomic E-state index is 13.7. The third-order valence-electron chi connectivity index (χ3n) is 6.38. The van der Waals surface area contributed by atoms with Crippen molar-refractivity contribution in [1.82, 2.24) is 19.5 Å². The smallest absolute Gasteiger partial charge is 0.348 e. The number of methoxy groups -OCH3 is 1. The van der Waals surface area contributed by atoms with Crippen molar-refractivity contribution in [2.24, 2.45) is 0 Å². The molecule has 2 aromatic heterocycles. The molecule has 10 nitrogen and oxygen atoms in total. The third-order valence-corrected chi connectivity index (χ3v) is 7.70. The second kappa shape index (κ2) is 10.2. The predicted octanol–water partition coefficient (Wildman–Crippen LogP) is 1.75. The van der Waals surface area contributed by atoms with Crippen LogP contribution in [0.1, 0.15) is 34.6 Å². The summed E-state index contributed by atoms with van der Waals surface area (Å²) in [5, 5.41) is 10.2. The third kappa shape index (κ3) is 4.97. The summed E-state index contributed by atoms with van der Waals surface area (Å²) in [4.78, 5) is 30.9. The van der Waals surface area contributed by atoms with Crippen LogP contribution in [0.5, 0.6) is 0 Å². The first kappa shape index (κ1) is 23.6. The van der Waals surface area contributed by atoms with Crippen molar-refractivity contribution < 1.29 is 19.2 Å². The lowest BCUT2D eigenvalue weighted by Crippen LogP contribution is -2.39. The summed E-state index contributed by atoms with van der Waals surface area (Å²) in [5.74, 6) is 1.29. The molecule has 184 valence electrons. The first-order valence-corrected chi connectivity index (χ1v) is 13.0. The molecule has 1 aromatic carbocycles. The summed E-state index contributed by atoms with van der Waals surface area (Å²) < 4.78 is 20.8. The summed E-state index contributed by atoms with van der Waals surface area (Å²) in [6.45, 7) is 2.94. The van der Waals surface area contributed by atoms with Gasteiger partial charge in [0.05, 0.1) is 19.8 Å². The Bertz CT molecular complexity index is 1180. The van der Waals surface area contributed by atoms with E-state index in [1.807, 2.05) is 46.3 Å². The number of fused-ring (bicyclic) bond motifs is 1. The van der Waals surface area contributed by atoms with E-state index in [4.69, 9.17) is 9.72 Å². The van der Waals surface area contributed by atoms with Gasteiger partial charge < -0.3 is 28.8 Å². The molecule has 0 aliphatic carbocycles. The van der Waals surface area contributed by atoms with Gasteiger partial charge in [-0.15, -0.1) is 0 Å². The van der Waals surface area contributed by atoms with Gasteiger partial charge in [-0.1, -0.05) is 30.3 Å². The minimum absolute atomic E-state index is 0.125. The van der Waals surface area contributed by atoms with Crippen LogP contribution >= 0.6 is 0 Å². The van der Waals surface area contributed by atoms with Crippen LogP contribution in [0, 0.1) is 0 Å². The molecule has 1 fully saturated rings. The van der Waals surface area contributed by atoms with Gasteiger partial charge >= 0.3 is 5.97 Å². The minimum atomic E-state index is -1.62. The molecule has 5 rings (SSSR count). The number of anilines is 2. The lowest BCUT2D eigenvalue weighted by atomic mass is 10.1. The quantitative estimate of drug-likeness (QED) is 0.309. The fraction of sp³-hybridized carbons (Fsp3) is 0.417. The fourth-order valence-electron chi connectivity index (χ4n) is 4.45. The summed E-state index contributed by atoms with van der Waals surface area (Å²) in [5.41, 5.74) is 1.00. The largest absolute Gasteiger partial charge is 0.610 e. The first-order valence-electron chi connectivity index (χ1n) is 11.6. The molecular weight excluding hydrogens is 468 g/mol. The number of carbonyl (C=O) groups is 1. The molecular formula is C24H28N6O4S. The van der Waals surface area contributed by atoms with Gasteiger partial charge in [0.2, 0.25) is 5.95 Å². The lowest BCUT2D eigenvalue weighted by molar-refractivity contribution is 0.0595. The van der Waals surface area contributed by atoms with E-state index in [1.165, 1.54) is 7.11 Å². The Morgan fingerprint density at radius 2 is 1.91 bits per heavy atom. The van der Waals surface area contributed by atoms with Crippen molar-refractivity contribution in [2.75, 3.05) is 36.5 Å². The van der Waals surface area contributed by atoms with Gasteiger partial charge in [0, 0.05) is 55.3 Å². The summed E-state index contributed by atoms with van der Waals surface area (Å²) in [7, 11) is 1.30. The molecule has 0 amide bonds. The number of esters is 1. The SMILES string of the molecule is COC(=O)c1c(N2CCC(O)CC2)nc(N2CCn3ccnc3C2)nc1[S+]([O-])Cc1ccccc1. The van der Waals surface area contributed by atoms with Crippen LogP contribution in [0.15, 0.2) is 47.8 Å². The molecule has 0 radical (unpaired) electrons. The van der Waals surface area contributed by atoms with E-state index in [-0.39, 0.29) is 22.4 Å². The van der Waals surface area contributed by atoms with E-state index in [1.54, 1.807) is 6.20 Å². The molecule has 11 heteroatoms. The Kier molecular flexibility index (Phi) is 6.89. The number of carbonyl (C=O) groups excluding carboxylic acids is 1. The standard InChI is InChI=1S/C24H28N6O4S/c1-34-23(32)20-21(29-10-7-18(31)8-11-29)26-24(30-14-13-28-12-9-25-19(28)15-30)27-22(20)35(33)16-17-5-3-2-4-6-17/h2-6,9,12,18,31H,7-8,10-11,13-16H2,1H3. The van der Waals surface area contributed by atoms with Crippen molar-refractivity contribution in [1.29, 1.82) is 0 Å². The van der Waals surface area contributed by atoms with Crippen LogP contribution in [0.2, 0.25) is 0 Å². The average molecular weight is 497 g/mol. The highest BCUT2D eigenvalue weighted by molar-refractivity contribution is 7.90. The van der Waals surface area contributed by atoms with Gasteiger partial charge in [-0.2, -0.15) is 9.97 Å². The molecule has 1 unspecified atom stereocenters. The van der Waals surface area contributed by atoms with E-state index in [2.05, 4.69) is 14.5 Å². The van der Waals surface area contributed by atoms with Gasteiger partial charge in [-0.05, 0) is 12.8 Å². The lowest BCUT2D eigenvalue weighted by Gasteiger charge is -2.33. The topological polar surface area (TPSA) is 120 Å². The maximum Gasteiger partial charge on any atom is 0.348 e. The number of piperidine rings is 1. The van der Waals surface area contributed by atoms with E-state index in [0.717, 1.165) is 17.9 Å². The van der Waals surface area contributed by atoms with Crippen LogP contribution in [0.3, 0.4) is 0 Å². The van der Waals surface area contributed by atoms with Gasteiger partial charge in [0.1, 0.15) is 11.6 Å². The Morgan fingerprint density at radius 3 is 2.66 bits per heavy atom. The Hall–Kier alpha value is -3.15. The number of imidazole rings is 1. The Labute approximate surface area is 206 Å². The van der Waals surface area contributed by atoms with E-state index in [0.29, 0.717) is 50.8 Å². The van der Waals surface area contributed by atoms with Gasteiger partial charge in [0.15, 0.2) is 11.4 Å². The van der Waals surface area contributed by atoms with Crippen LogP contribution < -0.4 is 9.80 Å². The van der Waals surface area contributed by atoms with E-state index < -0.39 is 17.1 Å². The Morgan fingerprint density at radius 1 is 1.14 bits per heavy atom. The highest BCUT2D eigenvalue weighted by Gasteiger charge is 2.35. The highest BCUT2D eigenvalue weighted by atomic mass is 32.2. The van der Waals surface area contributed by atoms with E-state index >= 15 is 0 Å². The van der Waals surface area contributed by atoms with Crippen molar-refractivity contribution in [3.8, 4) is 0 Å². The van der Waals surface area contributed by atoms with Crippen molar-refractivity contribution in [2.45, 2.75) is 42.8 Å². The number of aliphatic hydroxyl groups excluding tert-OH is 1. The molecule has 0 spiro atoms. The molecule has 35 heavy (non-hydrogen) atoms. The van der Waals surface area contributed by atoms with Crippen LogP contribution in [-0.4, -0.2) is 68.0 Å². The molecule has 4 heterocycles. The zero-order valence-corrected chi connectivity index (χ0v) is 20.4. The van der Waals surface area contributed by atoms with Gasteiger partial charge in [-0.25, -0.2) is 9.78 Å². The Balaban J connectivity index is 1.59. The molecule has 2 aliphatic rings. The van der Waals surface area contributed by atoms with Gasteiger partial charge in [0.25, 0.3) is 5.03 Å². The highest BCUT2D eigenvalue weighted by Crippen LogP contribution is 2.32. The van der Waals surface area contributed by atoms with Crippen LogP contribution in [-0.2, 0) is 34.8 Å². The maximum atomic E-state index is 13.7. The van der Waals surface area contributed by atoms with Crippen LogP contribution in [0.4, 0.5) is 11.8 Å². The monoisotopic (exact) mass is 496 g/mol. The summed E-state index contributed by atoms with van der Waals surface area (Å²) >= 11 is -1.62. The number of aliphatic hydroxyl groups is 1. The number of aromatic nitrogens is 4. The molecule has 2 aliphatic heterocycles. The minimum Gasteiger partial charge on any atom is -0.610 e. The number of nitrogens with zero attached hydrogens (tertiary/aromatic N) is 6. The van der Waals surface area contributed by atoms with E-state index in [9.17, 15) is 14.5 Å².